The second-order valence-electron chi connectivity index (χ2n) is 4.04. The maximum atomic E-state index is 12.7. The first kappa shape index (κ1) is 15.3. The van der Waals surface area contributed by atoms with E-state index in [4.69, 9.17) is 4.74 Å². The van der Waals surface area contributed by atoms with Crippen molar-refractivity contribution >= 4 is 5.97 Å². The molecule has 0 aliphatic heterocycles. The highest BCUT2D eigenvalue weighted by molar-refractivity contribution is 5.68. The van der Waals surface area contributed by atoms with Gasteiger partial charge < -0.3 is 9.47 Å². The van der Waals surface area contributed by atoms with Gasteiger partial charge >= 0.3 is 5.97 Å². The molecule has 1 aromatic heterocycles. The zero-order chi connectivity index (χ0) is 14.1. The Morgan fingerprint density at radius 3 is 2.42 bits per heavy atom. The van der Waals surface area contributed by atoms with E-state index >= 15 is 0 Å². The molecule has 0 N–H and O–H groups in total. The second kappa shape index (κ2) is 8.39. The summed E-state index contributed by atoms with van der Waals surface area (Å²) in [6.07, 6.45) is 3.71. The smallest absolute Gasteiger partial charge is 0.305 e. The third-order valence-corrected chi connectivity index (χ3v) is 2.51. The van der Waals surface area contributed by atoms with Crippen molar-refractivity contribution in [3.05, 3.63) is 24.0 Å². The van der Waals surface area contributed by atoms with Crippen LogP contribution >= 0.6 is 0 Å². The Morgan fingerprint density at radius 2 is 1.79 bits per heavy atom. The number of ether oxygens (including phenoxy) is 2. The summed E-state index contributed by atoms with van der Waals surface area (Å²) in [5.74, 6) is -1.86. The first-order valence-electron chi connectivity index (χ1n) is 6.14. The van der Waals surface area contributed by atoms with Gasteiger partial charge in [-0.05, 0) is 12.8 Å². The number of esters is 1. The van der Waals surface area contributed by atoms with Crippen LogP contribution in [0.2, 0.25) is 0 Å². The highest BCUT2D eigenvalue weighted by Gasteiger charge is 2.03. The predicted molar refractivity (Wildman–Crippen MR) is 64.7 cm³/mol. The maximum Gasteiger partial charge on any atom is 0.305 e. The molecule has 1 aromatic rings. The third kappa shape index (κ3) is 6.69. The van der Waals surface area contributed by atoms with Crippen molar-refractivity contribution in [2.24, 2.45) is 0 Å². The lowest BCUT2D eigenvalue weighted by atomic mass is 10.1. The molecule has 0 aliphatic carbocycles. The first-order valence-corrected chi connectivity index (χ1v) is 6.14. The minimum absolute atomic E-state index is 0.138. The lowest BCUT2D eigenvalue weighted by molar-refractivity contribution is -0.140. The van der Waals surface area contributed by atoms with Crippen molar-refractivity contribution in [3.8, 4) is 5.75 Å². The monoisotopic (exact) mass is 273 g/mol. The van der Waals surface area contributed by atoms with Crippen LogP contribution in [0.4, 0.5) is 8.78 Å². The molecule has 0 atom stereocenters. The lowest BCUT2D eigenvalue weighted by Crippen LogP contribution is -2.01. The quantitative estimate of drug-likeness (QED) is 0.415. The molecule has 0 aromatic carbocycles. The average molecular weight is 273 g/mol. The molecule has 0 spiro atoms. The number of hydrogen-bond donors (Lipinski definition) is 0. The SMILES string of the molecule is COC(=O)CCCCCCOc1cc(F)nc(F)c1. The van der Waals surface area contributed by atoms with Crippen molar-refractivity contribution < 1.29 is 23.0 Å². The molecule has 0 aliphatic rings. The van der Waals surface area contributed by atoms with E-state index in [0.717, 1.165) is 37.8 Å². The van der Waals surface area contributed by atoms with Crippen LogP contribution in [-0.2, 0) is 9.53 Å². The van der Waals surface area contributed by atoms with Crippen LogP contribution in [0.25, 0.3) is 0 Å². The molecule has 0 fully saturated rings. The molecule has 1 rings (SSSR count). The molecule has 4 nitrogen and oxygen atoms in total. The van der Waals surface area contributed by atoms with Crippen molar-refractivity contribution in [1.82, 2.24) is 4.98 Å². The molecule has 0 amide bonds. The van der Waals surface area contributed by atoms with Crippen LogP contribution in [0.1, 0.15) is 32.1 Å². The zero-order valence-corrected chi connectivity index (χ0v) is 10.8. The number of carbonyl (C=O) groups excluding carboxylic acids is 1. The first-order chi connectivity index (χ1) is 9.11. The summed E-state index contributed by atoms with van der Waals surface area (Å²) in [6.45, 7) is 0.376. The fraction of sp³-hybridized carbons (Fsp3) is 0.538. The normalized spacial score (nSPS) is 10.3. The van der Waals surface area contributed by atoms with E-state index in [0.29, 0.717) is 13.0 Å². The number of halogens is 2. The van der Waals surface area contributed by atoms with Crippen LogP contribution in [0.3, 0.4) is 0 Å². The lowest BCUT2D eigenvalue weighted by Gasteiger charge is -2.06. The van der Waals surface area contributed by atoms with Crippen molar-refractivity contribution in [3.63, 3.8) is 0 Å². The van der Waals surface area contributed by atoms with Crippen LogP contribution in [0.5, 0.6) is 5.75 Å². The number of nitrogens with zero attached hydrogens (tertiary/aromatic N) is 1. The number of rotatable bonds is 8. The number of hydrogen-bond acceptors (Lipinski definition) is 4. The van der Waals surface area contributed by atoms with E-state index in [1.165, 1.54) is 7.11 Å². The zero-order valence-electron chi connectivity index (χ0n) is 10.8. The van der Waals surface area contributed by atoms with Crippen LogP contribution in [0.15, 0.2) is 12.1 Å². The van der Waals surface area contributed by atoms with Gasteiger partial charge in [0.1, 0.15) is 5.75 Å². The van der Waals surface area contributed by atoms with Crippen molar-refractivity contribution in [2.75, 3.05) is 13.7 Å². The molecule has 0 saturated heterocycles. The van der Waals surface area contributed by atoms with Gasteiger partial charge in [-0.1, -0.05) is 12.8 Å². The van der Waals surface area contributed by atoms with Crippen LogP contribution in [-0.4, -0.2) is 24.7 Å². The number of carbonyl (C=O) groups is 1. The van der Waals surface area contributed by atoms with Gasteiger partial charge in [-0.2, -0.15) is 13.8 Å². The minimum atomic E-state index is -0.895. The van der Waals surface area contributed by atoms with Gasteiger partial charge in [-0.3, -0.25) is 4.79 Å². The molecule has 0 unspecified atom stereocenters. The Kier molecular flexibility index (Phi) is 6.78. The van der Waals surface area contributed by atoms with Gasteiger partial charge in [0, 0.05) is 18.6 Å². The number of pyridine rings is 1. The minimum Gasteiger partial charge on any atom is -0.493 e. The topological polar surface area (TPSA) is 48.4 Å². The van der Waals surface area contributed by atoms with E-state index in [9.17, 15) is 13.6 Å². The third-order valence-electron chi connectivity index (χ3n) is 2.51. The number of aromatic nitrogens is 1. The summed E-state index contributed by atoms with van der Waals surface area (Å²) in [4.78, 5) is 13.8. The summed E-state index contributed by atoms with van der Waals surface area (Å²) in [5, 5.41) is 0. The fourth-order valence-corrected chi connectivity index (χ4v) is 1.54. The predicted octanol–water partition coefficient (Wildman–Crippen LogP) is 2.86. The second-order valence-corrected chi connectivity index (χ2v) is 4.04. The number of unbranched alkanes of at least 4 members (excludes halogenated alkanes) is 3. The molecule has 0 radical (unpaired) electrons. The van der Waals surface area contributed by atoms with Crippen LogP contribution < -0.4 is 4.74 Å². The Bertz CT molecular complexity index is 393. The van der Waals surface area contributed by atoms with E-state index in [1.54, 1.807) is 0 Å². The van der Waals surface area contributed by atoms with E-state index < -0.39 is 11.9 Å². The fourth-order valence-electron chi connectivity index (χ4n) is 1.54. The Balaban J connectivity index is 2.09. The molecule has 19 heavy (non-hydrogen) atoms. The Morgan fingerprint density at radius 1 is 1.16 bits per heavy atom. The van der Waals surface area contributed by atoms with Crippen molar-refractivity contribution in [2.45, 2.75) is 32.1 Å². The van der Waals surface area contributed by atoms with E-state index in [1.807, 2.05) is 0 Å². The summed E-state index contributed by atoms with van der Waals surface area (Å²) in [5.41, 5.74) is 0. The van der Waals surface area contributed by atoms with E-state index in [2.05, 4.69) is 9.72 Å². The van der Waals surface area contributed by atoms with Gasteiger partial charge in [0.25, 0.3) is 0 Å². The van der Waals surface area contributed by atoms with Gasteiger partial charge in [0.15, 0.2) is 0 Å². The summed E-state index contributed by atoms with van der Waals surface area (Å²) in [7, 11) is 1.36. The highest BCUT2D eigenvalue weighted by atomic mass is 19.1. The molecule has 106 valence electrons. The standard InChI is InChI=1S/C13H17F2NO3/c1-18-13(17)6-4-2-3-5-7-19-10-8-11(14)16-12(15)9-10/h8-9H,2-7H2,1H3. The van der Waals surface area contributed by atoms with Crippen molar-refractivity contribution in [1.29, 1.82) is 0 Å². The largest absolute Gasteiger partial charge is 0.493 e. The maximum absolute atomic E-state index is 12.7. The molecule has 1 heterocycles. The highest BCUT2D eigenvalue weighted by Crippen LogP contribution is 2.13. The molecule has 0 bridgehead atoms. The van der Waals surface area contributed by atoms with Gasteiger partial charge in [-0.15, -0.1) is 0 Å². The van der Waals surface area contributed by atoms with E-state index in [-0.39, 0.29) is 11.7 Å². The van der Waals surface area contributed by atoms with Crippen LogP contribution in [0, 0.1) is 11.9 Å². The Labute approximate surface area is 110 Å². The average Bonchev–Trinajstić information content (AvgIpc) is 2.36. The van der Waals surface area contributed by atoms with Gasteiger partial charge in [0.05, 0.1) is 13.7 Å². The molecular weight excluding hydrogens is 256 g/mol. The molecule has 0 saturated carbocycles. The Hall–Kier alpha value is -1.72. The van der Waals surface area contributed by atoms with Gasteiger partial charge in [-0.25, -0.2) is 0 Å². The number of methoxy groups -OCH3 is 1. The summed E-state index contributed by atoms with van der Waals surface area (Å²) in [6, 6.07) is 2.08. The summed E-state index contributed by atoms with van der Waals surface area (Å²) < 4.78 is 35.2. The molecular formula is C13H17F2NO3. The van der Waals surface area contributed by atoms with Gasteiger partial charge in [0.2, 0.25) is 11.9 Å². The summed E-state index contributed by atoms with van der Waals surface area (Å²) >= 11 is 0. The molecule has 6 heteroatoms.